The van der Waals surface area contributed by atoms with E-state index >= 15 is 0 Å². The molecule has 1 aliphatic carbocycles. The molecule has 31 heavy (non-hydrogen) atoms. The number of hydrogen-bond acceptors (Lipinski definition) is 4. The molecule has 7 heteroatoms. The molecule has 172 valence electrons. The fourth-order valence-corrected chi connectivity index (χ4v) is 4.83. The lowest BCUT2D eigenvalue weighted by molar-refractivity contribution is -0.119. The number of nitrogens with one attached hydrogen (secondary N) is 2. The topological polar surface area (TPSA) is 92.0 Å². The lowest BCUT2D eigenvalue weighted by Crippen LogP contribution is -2.59. The number of benzene rings is 1. The van der Waals surface area contributed by atoms with Crippen LogP contribution < -0.4 is 21.1 Å². The number of likely N-dealkylation sites (tertiary alicyclic amines) is 1. The van der Waals surface area contributed by atoms with E-state index in [0.717, 1.165) is 24.6 Å². The Labute approximate surface area is 186 Å². The second kappa shape index (κ2) is 11.9. The number of amides is 1. The van der Waals surface area contributed by atoms with Gasteiger partial charge in [0.1, 0.15) is 5.75 Å². The van der Waals surface area contributed by atoms with Crippen LogP contribution >= 0.6 is 0 Å². The quantitative estimate of drug-likeness (QED) is 0.415. The summed E-state index contributed by atoms with van der Waals surface area (Å²) in [5, 5.41) is 7.05. The fraction of sp³-hybridized carbons (Fsp3) is 0.667. The van der Waals surface area contributed by atoms with Crippen LogP contribution in [0.3, 0.4) is 0 Å². The lowest BCUT2D eigenvalue weighted by Gasteiger charge is -2.48. The van der Waals surface area contributed by atoms with Crippen LogP contribution in [0.1, 0.15) is 63.9 Å². The van der Waals surface area contributed by atoms with E-state index in [0.29, 0.717) is 12.3 Å². The Morgan fingerprint density at radius 3 is 2.58 bits per heavy atom. The first-order valence-electron chi connectivity index (χ1n) is 11.9. The highest BCUT2D eigenvalue weighted by Crippen LogP contribution is 2.35. The maximum Gasteiger partial charge on any atom is 0.255 e. The van der Waals surface area contributed by atoms with E-state index < -0.39 is 5.91 Å². The van der Waals surface area contributed by atoms with Gasteiger partial charge in [0.2, 0.25) is 0 Å². The minimum atomic E-state index is -0.479. The van der Waals surface area contributed by atoms with Crippen molar-refractivity contribution in [1.29, 1.82) is 0 Å². The summed E-state index contributed by atoms with van der Waals surface area (Å²) in [7, 11) is 0. The molecule has 0 spiro atoms. The van der Waals surface area contributed by atoms with Crippen molar-refractivity contribution >= 4 is 11.9 Å². The van der Waals surface area contributed by atoms with Crippen LogP contribution in [0.5, 0.6) is 5.75 Å². The summed E-state index contributed by atoms with van der Waals surface area (Å²) in [6.07, 6.45) is 10.6. The van der Waals surface area contributed by atoms with E-state index in [1.807, 2.05) is 24.3 Å². The molecule has 0 atom stereocenters. The summed E-state index contributed by atoms with van der Waals surface area (Å²) in [5.41, 5.74) is 6.46. The number of carbonyl (C=O) groups is 1. The number of nitrogens with two attached hydrogens (primary N) is 1. The Morgan fingerprint density at radius 1 is 1.13 bits per heavy atom. The van der Waals surface area contributed by atoms with E-state index in [-0.39, 0.29) is 12.1 Å². The van der Waals surface area contributed by atoms with Crippen molar-refractivity contribution in [3.8, 4) is 5.75 Å². The van der Waals surface area contributed by atoms with Crippen LogP contribution in [0.25, 0.3) is 0 Å². The molecule has 2 aliphatic rings. The van der Waals surface area contributed by atoms with Crippen molar-refractivity contribution in [3.63, 3.8) is 0 Å². The number of hydrogen-bond donors (Lipinski definition) is 3. The molecule has 3 rings (SSSR count). The number of guanidine groups is 1. The lowest BCUT2D eigenvalue weighted by atomic mass is 9.79. The van der Waals surface area contributed by atoms with Crippen LogP contribution in [-0.4, -0.2) is 55.1 Å². The Hall–Kier alpha value is -2.28. The van der Waals surface area contributed by atoms with Crippen LogP contribution in [-0.2, 0) is 11.3 Å². The molecule has 1 aromatic rings. The van der Waals surface area contributed by atoms with Crippen LogP contribution in [0, 0.1) is 0 Å². The third kappa shape index (κ3) is 7.13. The van der Waals surface area contributed by atoms with Crippen LogP contribution in [0.2, 0.25) is 0 Å². The molecular formula is C24H39N5O2. The number of piperidine rings is 1. The van der Waals surface area contributed by atoms with Gasteiger partial charge in [0.05, 0.1) is 6.54 Å². The molecule has 1 heterocycles. The fourth-order valence-electron chi connectivity index (χ4n) is 4.83. The summed E-state index contributed by atoms with van der Waals surface area (Å²) in [6, 6.07) is 7.66. The van der Waals surface area contributed by atoms with Crippen molar-refractivity contribution in [3.05, 3.63) is 29.8 Å². The first kappa shape index (κ1) is 23.4. The largest absolute Gasteiger partial charge is 0.484 e. The Bertz CT molecular complexity index is 724. The maximum absolute atomic E-state index is 10.9. The minimum Gasteiger partial charge on any atom is -0.484 e. The van der Waals surface area contributed by atoms with Gasteiger partial charge in [-0.05, 0) is 63.4 Å². The average molecular weight is 430 g/mol. The third-order valence-electron chi connectivity index (χ3n) is 6.44. The zero-order valence-electron chi connectivity index (χ0n) is 19.0. The first-order chi connectivity index (χ1) is 15.1. The summed E-state index contributed by atoms with van der Waals surface area (Å²) in [5.74, 6) is 1.01. The molecule has 4 N–H and O–H groups in total. The monoisotopic (exact) mass is 429 g/mol. The van der Waals surface area contributed by atoms with Crippen molar-refractivity contribution in [2.45, 2.75) is 70.4 Å². The van der Waals surface area contributed by atoms with Gasteiger partial charge in [0.15, 0.2) is 12.6 Å². The van der Waals surface area contributed by atoms with Crippen molar-refractivity contribution < 1.29 is 9.53 Å². The molecule has 1 saturated heterocycles. The van der Waals surface area contributed by atoms with Gasteiger partial charge in [0, 0.05) is 18.6 Å². The van der Waals surface area contributed by atoms with E-state index in [1.54, 1.807) is 0 Å². The molecule has 1 amide bonds. The molecule has 0 aromatic heterocycles. The number of rotatable bonds is 9. The van der Waals surface area contributed by atoms with Gasteiger partial charge in [0.25, 0.3) is 5.91 Å². The number of primary amides is 1. The Kier molecular flexibility index (Phi) is 9.00. The highest BCUT2D eigenvalue weighted by molar-refractivity contribution is 5.79. The molecular weight excluding hydrogens is 390 g/mol. The van der Waals surface area contributed by atoms with E-state index in [2.05, 4.69) is 22.5 Å². The third-order valence-corrected chi connectivity index (χ3v) is 6.44. The zero-order chi connectivity index (χ0) is 21.9. The van der Waals surface area contributed by atoms with Gasteiger partial charge in [-0.25, -0.2) is 4.99 Å². The second-order valence-electron chi connectivity index (χ2n) is 8.78. The van der Waals surface area contributed by atoms with Gasteiger partial charge in [-0.3, -0.25) is 9.69 Å². The molecule has 1 aliphatic heterocycles. The number of ether oxygens (including phenoxy) is 1. The molecule has 0 radical (unpaired) electrons. The summed E-state index contributed by atoms with van der Waals surface area (Å²) >= 11 is 0. The molecule has 1 aromatic carbocycles. The van der Waals surface area contributed by atoms with Gasteiger partial charge < -0.3 is 21.1 Å². The Balaban J connectivity index is 1.63. The van der Waals surface area contributed by atoms with Gasteiger partial charge in [-0.15, -0.1) is 0 Å². The van der Waals surface area contributed by atoms with E-state index in [1.165, 1.54) is 64.5 Å². The second-order valence-corrected chi connectivity index (χ2v) is 8.78. The molecule has 7 nitrogen and oxygen atoms in total. The predicted octanol–water partition coefficient (Wildman–Crippen LogP) is 2.79. The smallest absolute Gasteiger partial charge is 0.255 e. The van der Waals surface area contributed by atoms with Crippen LogP contribution in [0.4, 0.5) is 0 Å². The van der Waals surface area contributed by atoms with Gasteiger partial charge in [-0.2, -0.15) is 0 Å². The van der Waals surface area contributed by atoms with Gasteiger partial charge >= 0.3 is 0 Å². The Morgan fingerprint density at radius 2 is 1.87 bits per heavy atom. The predicted molar refractivity (Wildman–Crippen MR) is 125 cm³/mol. The summed E-state index contributed by atoms with van der Waals surface area (Å²) in [4.78, 5) is 18.5. The maximum atomic E-state index is 10.9. The van der Waals surface area contributed by atoms with E-state index in [9.17, 15) is 4.79 Å². The highest BCUT2D eigenvalue weighted by atomic mass is 16.5. The SMILES string of the molecule is CCNC(=NCc1cccc(OCC(N)=O)c1)NCC1(N2CCCCC2)CCCCC1. The summed E-state index contributed by atoms with van der Waals surface area (Å²) < 4.78 is 5.41. The van der Waals surface area contributed by atoms with Crippen molar-refractivity contribution in [2.75, 3.05) is 32.8 Å². The standard InChI is InChI=1S/C24H39N5O2/c1-2-26-23(27-17-20-10-9-11-21(16-20)31-18-22(25)30)28-19-24(12-5-3-6-13-24)29-14-7-4-8-15-29/h9-11,16H,2-8,12-15,17-19H2,1H3,(H2,25,30)(H2,26,27,28). The molecule has 2 fully saturated rings. The minimum absolute atomic E-state index is 0.116. The number of nitrogens with zero attached hydrogens (tertiary/aromatic N) is 2. The zero-order valence-corrected chi connectivity index (χ0v) is 19.0. The first-order valence-corrected chi connectivity index (χ1v) is 11.9. The van der Waals surface area contributed by atoms with Gasteiger partial charge in [-0.1, -0.05) is 37.8 Å². The number of carbonyl (C=O) groups excluding carboxylic acids is 1. The average Bonchev–Trinajstić information content (AvgIpc) is 2.81. The molecule has 0 unspecified atom stereocenters. The van der Waals surface area contributed by atoms with Crippen molar-refractivity contribution in [1.82, 2.24) is 15.5 Å². The highest BCUT2D eigenvalue weighted by Gasteiger charge is 2.38. The summed E-state index contributed by atoms with van der Waals surface area (Å²) in [6.45, 7) is 6.75. The van der Waals surface area contributed by atoms with E-state index in [4.69, 9.17) is 15.5 Å². The van der Waals surface area contributed by atoms with Crippen molar-refractivity contribution in [2.24, 2.45) is 10.7 Å². The molecule has 0 bridgehead atoms. The normalized spacial score (nSPS) is 19.6. The molecule has 1 saturated carbocycles. The number of aliphatic imine (C=N–C) groups is 1. The van der Waals surface area contributed by atoms with Crippen LogP contribution in [0.15, 0.2) is 29.3 Å².